The average Bonchev–Trinajstić information content (AvgIpc) is 2.39. The van der Waals surface area contributed by atoms with Crippen LogP contribution in [0.15, 0.2) is 30.5 Å². The van der Waals surface area contributed by atoms with Gasteiger partial charge in [-0.05, 0) is 17.7 Å². The number of hydrogen-bond donors (Lipinski definition) is 0. The summed E-state index contributed by atoms with van der Waals surface area (Å²) >= 11 is 17.3. The zero-order chi connectivity index (χ0) is 14.7. The van der Waals surface area contributed by atoms with Crippen LogP contribution in [0.4, 0.5) is 5.69 Å². The van der Waals surface area contributed by atoms with Crippen molar-refractivity contribution >= 4 is 40.5 Å². The molecule has 0 N–H and O–H groups in total. The molecule has 8 heteroatoms. The molecule has 1 aromatic heterocycles. The third-order valence-corrected chi connectivity index (χ3v) is 3.31. The first kappa shape index (κ1) is 14.8. The van der Waals surface area contributed by atoms with Gasteiger partial charge >= 0.3 is 5.69 Å². The Hall–Kier alpha value is -1.56. The number of aromatic nitrogens is 1. The fraction of sp³-hybridized carbons (Fsp3) is 0.0833. The summed E-state index contributed by atoms with van der Waals surface area (Å²) in [6.45, 7) is 0.0983. The maximum atomic E-state index is 10.9. The summed E-state index contributed by atoms with van der Waals surface area (Å²) in [6.07, 6.45) is 1.52. The third kappa shape index (κ3) is 3.50. The molecular formula is C12H7Cl3N2O3. The summed E-state index contributed by atoms with van der Waals surface area (Å²) in [6, 6.07) is 5.75. The molecule has 0 aliphatic rings. The highest BCUT2D eigenvalue weighted by Gasteiger charge is 2.18. The number of pyridine rings is 1. The summed E-state index contributed by atoms with van der Waals surface area (Å²) in [5, 5.41) is 11.5. The molecule has 0 fully saturated rings. The minimum absolute atomic E-state index is 0.0392. The number of nitro benzene ring substituents is 1. The molecule has 0 saturated heterocycles. The minimum Gasteiger partial charge on any atom is -0.482 e. The van der Waals surface area contributed by atoms with E-state index in [0.29, 0.717) is 5.15 Å². The summed E-state index contributed by atoms with van der Waals surface area (Å²) in [4.78, 5) is 14.2. The average molecular weight is 334 g/mol. The quantitative estimate of drug-likeness (QED) is 0.468. The van der Waals surface area contributed by atoms with Crippen molar-refractivity contribution in [3.8, 4) is 5.75 Å². The number of halogens is 3. The second-order valence-electron chi connectivity index (χ2n) is 3.77. The van der Waals surface area contributed by atoms with Crippen LogP contribution in [0.2, 0.25) is 15.2 Å². The van der Waals surface area contributed by atoms with Crippen LogP contribution in [0.5, 0.6) is 5.75 Å². The van der Waals surface area contributed by atoms with Crippen molar-refractivity contribution in [1.29, 1.82) is 0 Å². The molecule has 1 heterocycles. The van der Waals surface area contributed by atoms with E-state index >= 15 is 0 Å². The standard InChI is InChI=1S/C12H7Cl3N2O3/c13-8-4-10(17(18)19)11(5-9(8)14)20-6-7-1-2-16-12(15)3-7/h1-5H,6H2. The van der Waals surface area contributed by atoms with E-state index in [0.717, 1.165) is 11.6 Å². The number of nitro groups is 1. The van der Waals surface area contributed by atoms with Gasteiger partial charge in [-0.1, -0.05) is 34.8 Å². The Morgan fingerprint density at radius 2 is 1.90 bits per heavy atom. The second kappa shape index (κ2) is 6.26. The van der Waals surface area contributed by atoms with Crippen LogP contribution >= 0.6 is 34.8 Å². The van der Waals surface area contributed by atoms with E-state index in [2.05, 4.69) is 4.98 Å². The summed E-state index contributed by atoms with van der Waals surface area (Å²) in [5.41, 5.74) is 0.477. The lowest BCUT2D eigenvalue weighted by Gasteiger charge is -2.08. The fourth-order valence-corrected chi connectivity index (χ4v) is 1.98. The van der Waals surface area contributed by atoms with Crippen LogP contribution < -0.4 is 4.74 Å². The molecule has 0 saturated carbocycles. The van der Waals surface area contributed by atoms with Gasteiger partial charge in [0.2, 0.25) is 0 Å². The van der Waals surface area contributed by atoms with E-state index < -0.39 is 4.92 Å². The van der Waals surface area contributed by atoms with Crippen LogP contribution in [-0.2, 0) is 6.61 Å². The molecule has 20 heavy (non-hydrogen) atoms. The van der Waals surface area contributed by atoms with Gasteiger partial charge in [-0.2, -0.15) is 0 Å². The van der Waals surface area contributed by atoms with Crippen molar-refractivity contribution in [2.75, 3.05) is 0 Å². The number of ether oxygens (including phenoxy) is 1. The van der Waals surface area contributed by atoms with Crippen LogP contribution in [0.3, 0.4) is 0 Å². The van der Waals surface area contributed by atoms with E-state index in [1.54, 1.807) is 12.1 Å². The van der Waals surface area contributed by atoms with Crippen molar-refractivity contribution in [1.82, 2.24) is 4.98 Å². The van der Waals surface area contributed by atoms with E-state index in [-0.39, 0.29) is 28.1 Å². The Morgan fingerprint density at radius 3 is 2.55 bits per heavy atom. The lowest BCUT2D eigenvalue weighted by molar-refractivity contribution is -0.385. The summed E-state index contributed by atoms with van der Waals surface area (Å²) < 4.78 is 5.40. The first-order valence-corrected chi connectivity index (χ1v) is 6.47. The summed E-state index contributed by atoms with van der Waals surface area (Å²) in [5.74, 6) is 0.0392. The molecule has 0 atom stereocenters. The lowest BCUT2D eigenvalue weighted by Crippen LogP contribution is -1.99. The third-order valence-electron chi connectivity index (χ3n) is 2.38. The highest BCUT2D eigenvalue weighted by molar-refractivity contribution is 6.42. The van der Waals surface area contributed by atoms with Crippen molar-refractivity contribution in [2.45, 2.75) is 6.61 Å². The Morgan fingerprint density at radius 1 is 1.20 bits per heavy atom. The Bertz CT molecular complexity index is 664. The number of nitrogens with zero attached hydrogens (tertiary/aromatic N) is 2. The molecule has 1 aromatic carbocycles. The van der Waals surface area contributed by atoms with Gasteiger partial charge in [-0.25, -0.2) is 4.98 Å². The predicted octanol–water partition coefficient (Wildman–Crippen LogP) is 4.53. The largest absolute Gasteiger partial charge is 0.482 e. The number of rotatable bonds is 4. The SMILES string of the molecule is O=[N+]([O-])c1cc(Cl)c(Cl)cc1OCc1ccnc(Cl)c1. The zero-order valence-corrected chi connectivity index (χ0v) is 12.1. The van der Waals surface area contributed by atoms with Crippen molar-refractivity contribution < 1.29 is 9.66 Å². The second-order valence-corrected chi connectivity index (χ2v) is 4.97. The van der Waals surface area contributed by atoms with E-state index in [9.17, 15) is 10.1 Å². The van der Waals surface area contributed by atoms with E-state index in [1.807, 2.05) is 0 Å². The van der Waals surface area contributed by atoms with Crippen LogP contribution in [0, 0.1) is 10.1 Å². The van der Waals surface area contributed by atoms with Crippen molar-refractivity contribution in [3.05, 3.63) is 61.3 Å². The smallest absolute Gasteiger partial charge is 0.312 e. The van der Waals surface area contributed by atoms with Gasteiger partial charge in [0.25, 0.3) is 0 Å². The molecule has 0 aliphatic carbocycles. The van der Waals surface area contributed by atoms with Gasteiger partial charge in [0.15, 0.2) is 5.75 Å². The molecule has 0 amide bonds. The van der Waals surface area contributed by atoms with E-state index in [4.69, 9.17) is 39.5 Å². The molecule has 0 bridgehead atoms. The summed E-state index contributed by atoms with van der Waals surface area (Å²) in [7, 11) is 0. The zero-order valence-electron chi connectivity index (χ0n) is 9.85. The van der Waals surface area contributed by atoms with Crippen molar-refractivity contribution in [3.63, 3.8) is 0 Å². The number of hydrogen-bond acceptors (Lipinski definition) is 4. The highest BCUT2D eigenvalue weighted by Crippen LogP contribution is 2.36. The van der Waals surface area contributed by atoms with Crippen LogP contribution in [-0.4, -0.2) is 9.91 Å². The monoisotopic (exact) mass is 332 g/mol. The maximum absolute atomic E-state index is 10.9. The molecule has 5 nitrogen and oxygen atoms in total. The maximum Gasteiger partial charge on any atom is 0.312 e. The molecule has 2 rings (SSSR count). The predicted molar refractivity (Wildman–Crippen MR) is 76.7 cm³/mol. The molecule has 2 aromatic rings. The van der Waals surface area contributed by atoms with Gasteiger partial charge in [0.05, 0.1) is 15.0 Å². The molecule has 0 unspecified atom stereocenters. The lowest BCUT2D eigenvalue weighted by atomic mass is 10.2. The van der Waals surface area contributed by atoms with E-state index in [1.165, 1.54) is 12.3 Å². The highest BCUT2D eigenvalue weighted by atomic mass is 35.5. The fourth-order valence-electron chi connectivity index (χ4n) is 1.47. The Kier molecular flexibility index (Phi) is 4.65. The van der Waals surface area contributed by atoms with Gasteiger partial charge in [-0.15, -0.1) is 0 Å². The Labute approximate surface area is 129 Å². The van der Waals surface area contributed by atoms with Crippen LogP contribution in [0.1, 0.15) is 5.56 Å². The minimum atomic E-state index is -0.586. The van der Waals surface area contributed by atoms with Crippen LogP contribution in [0.25, 0.3) is 0 Å². The van der Waals surface area contributed by atoms with Gasteiger partial charge in [-0.3, -0.25) is 10.1 Å². The van der Waals surface area contributed by atoms with Gasteiger partial charge in [0.1, 0.15) is 11.8 Å². The first-order chi connectivity index (χ1) is 9.47. The first-order valence-electron chi connectivity index (χ1n) is 5.34. The topological polar surface area (TPSA) is 65.3 Å². The molecule has 104 valence electrons. The van der Waals surface area contributed by atoms with Crippen molar-refractivity contribution in [2.24, 2.45) is 0 Å². The van der Waals surface area contributed by atoms with Gasteiger partial charge < -0.3 is 4.74 Å². The molecule has 0 aliphatic heterocycles. The molecular weight excluding hydrogens is 327 g/mol. The Balaban J connectivity index is 2.24. The normalized spacial score (nSPS) is 10.3. The molecule has 0 spiro atoms. The number of benzene rings is 1. The van der Waals surface area contributed by atoms with Gasteiger partial charge in [0, 0.05) is 18.3 Å². The molecule has 0 radical (unpaired) electrons.